The van der Waals surface area contributed by atoms with E-state index in [-0.39, 0.29) is 0 Å². The van der Waals surface area contributed by atoms with Crippen molar-refractivity contribution in [2.75, 3.05) is 0 Å². The molecule has 4 heteroatoms. The molecule has 2 aromatic rings. The van der Waals surface area contributed by atoms with Gasteiger partial charge in [0.15, 0.2) is 0 Å². The average Bonchev–Trinajstić information content (AvgIpc) is 3.16. The Labute approximate surface area is 132 Å². The molecule has 0 atom stereocenters. The average molecular weight is 349 g/mol. The summed E-state index contributed by atoms with van der Waals surface area (Å²) in [6.45, 7) is 4.26. The number of aromatic amines is 1. The van der Waals surface area contributed by atoms with Crippen molar-refractivity contribution in [1.29, 1.82) is 0 Å². The van der Waals surface area contributed by atoms with E-state index >= 15 is 0 Å². The molecule has 1 N–H and O–H groups in total. The van der Waals surface area contributed by atoms with Crippen LogP contribution < -0.4 is 0 Å². The summed E-state index contributed by atoms with van der Waals surface area (Å²) in [6.07, 6.45) is 3.30. The van der Waals surface area contributed by atoms with Crippen molar-refractivity contribution in [2.24, 2.45) is 0 Å². The van der Waals surface area contributed by atoms with E-state index < -0.39 is 0 Å². The first-order chi connectivity index (χ1) is 9.52. The van der Waals surface area contributed by atoms with Crippen molar-refractivity contribution in [3.63, 3.8) is 0 Å². The molecule has 1 saturated carbocycles. The van der Waals surface area contributed by atoms with Crippen LogP contribution in [0.4, 0.5) is 0 Å². The summed E-state index contributed by atoms with van der Waals surface area (Å²) >= 11 is 8.93. The van der Waals surface area contributed by atoms with Crippen LogP contribution in [0.3, 0.4) is 0 Å². The zero-order valence-electron chi connectivity index (χ0n) is 11.7. The summed E-state index contributed by atoms with van der Waals surface area (Å²) in [5.74, 6) is 1.59. The van der Waals surface area contributed by atoms with Gasteiger partial charge in [0, 0.05) is 18.0 Å². The van der Waals surface area contributed by atoms with Crippen LogP contribution in [0.5, 0.6) is 0 Å². The molecule has 0 saturated heterocycles. The highest BCUT2D eigenvalue weighted by atomic mass is 79.9. The van der Waals surface area contributed by atoms with Gasteiger partial charge in [0.05, 0.1) is 4.47 Å². The normalized spacial score (nSPS) is 14.6. The van der Waals surface area contributed by atoms with Gasteiger partial charge in [-0.15, -0.1) is 0 Å². The second kappa shape index (κ2) is 5.41. The number of nitrogens with zero attached hydrogens (tertiary/aromatic N) is 1. The zero-order chi connectivity index (χ0) is 14.3. The third kappa shape index (κ3) is 3.01. The lowest BCUT2D eigenvalue weighted by atomic mass is 10.0. The van der Waals surface area contributed by atoms with E-state index in [0.717, 1.165) is 16.7 Å². The fourth-order valence-corrected chi connectivity index (χ4v) is 3.36. The van der Waals surface area contributed by atoms with E-state index in [0.29, 0.717) is 10.6 Å². The highest BCUT2D eigenvalue weighted by molar-refractivity contribution is 9.10. The number of H-pyrrole nitrogens is 1. The Morgan fingerprint density at radius 2 is 1.90 bits per heavy atom. The SMILES string of the molecule is Cc1cc(C)cc(Cc2nc(=S)c(Br)c(C3CC3)[nH]2)c1. The molecule has 1 fully saturated rings. The molecule has 3 rings (SSSR count). The standard InChI is InChI=1S/C16H17BrN2S/c1-9-5-10(2)7-11(6-9)8-13-18-15(12-3-4-12)14(17)16(20)19-13/h5-7,12H,3-4,8H2,1-2H3,(H,18,19,20). The molecule has 0 bridgehead atoms. The lowest BCUT2D eigenvalue weighted by molar-refractivity contribution is 0.882. The summed E-state index contributed by atoms with van der Waals surface area (Å²) in [4.78, 5) is 7.99. The van der Waals surface area contributed by atoms with E-state index in [1.165, 1.54) is 35.2 Å². The zero-order valence-corrected chi connectivity index (χ0v) is 14.1. The van der Waals surface area contributed by atoms with Crippen LogP contribution in [0.1, 0.15) is 47.0 Å². The molecule has 0 spiro atoms. The Bertz CT molecular complexity index is 697. The van der Waals surface area contributed by atoms with Crippen LogP contribution in [0.25, 0.3) is 0 Å². The molecule has 1 aromatic heterocycles. The van der Waals surface area contributed by atoms with Crippen molar-refractivity contribution >= 4 is 28.1 Å². The smallest absolute Gasteiger partial charge is 0.144 e. The number of aryl methyl sites for hydroxylation is 2. The van der Waals surface area contributed by atoms with Gasteiger partial charge in [-0.2, -0.15) is 0 Å². The Balaban J connectivity index is 1.96. The number of hydrogen-bond acceptors (Lipinski definition) is 2. The van der Waals surface area contributed by atoms with Gasteiger partial charge in [0.1, 0.15) is 10.5 Å². The molecule has 0 radical (unpaired) electrons. The maximum Gasteiger partial charge on any atom is 0.144 e. The number of hydrogen-bond donors (Lipinski definition) is 1. The van der Waals surface area contributed by atoms with Crippen LogP contribution >= 0.6 is 28.1 Å². The van der Waals surface area contributed by atoms with Crippen LogP contribution in [0.2, 0.25) is 0 Å². The van der Waals surface area contributed by atoms with Crippen molar-refractivity contribution < 1.29 is 0 Å². The van der Waals surface area contributed by atoms with Crippen LogP contribution in [-0.4, -0.2) is 9.97 Å². The first kappa shape index (κ1) is 14.0. The highest BCUT2D eigenvalue weighted by Gasteiger charge is 2.27. The first-order valence-electron chi connectivity index (χ1n) is 6.88. The fourth-order valence-electron chi connectivity index (χ4n) is 2.63. The lowest BCUT2D eigenvalue weighted by Crippen LogP contribution is -2.02. The quantitative estimate of drug-likeness (QED) is 0.791. The molecule has 1 aromatic carbocycles. The summed E-state index contributed by atoms with van der Waals surface area (Å²) in [5.41, 5.74) is 5.09. The van der Waals surface area contributed by atoms with Gasteiger partial charge in [-0.1, -0.05) is 41.5 Å². The third-order valence-corrected chi connectivity index (χ3v) is 4.94. The van der Waals surface area contributed by atoms with Gasteiger partial charge in [-0.25, -0.2) is 4.98 Å². The molecule has 0 unspecified atom stereocenters. The molecular weight excluding hydrogens is 332 g/mol. The number of halogens is 1. The Hall–Kier alpha value is -1.00. The molecule has 1 aliphatic carbocycles. The predicted molar refractivity (Wildman–Crippen MR) is 87.8 cm³/mol. The number of aromatic nitrogens is 2. The van der Waals surface area contributed by atoms with E-state index in [1.54, 1.807) is 0 Å². The Morgan fingerprint density at radius 3 is 2.50 bits per heavy atom. The molecule has 1 heterocycles. The van der Waals surface area contributed by atoms with E-state index in [1.807, 2.05) is 0 Å². The van der Waals surface area contributed by atoms with E-state index in [9.17, 15) is 0 Å². The van der Waals surface area contributed by atoms with Crippen molar-refractivity contribution in [3.05, 3.63) is 55.5 Å². The minimum absolute atomic E-state index is 0.632. The first-order valence-corrected chi connectivity index (χ1v) is 8.09. The largest absolute Gasteiger partial charge is 0.346 e. The topological polar surface area (TPSA) is 28.7 Å². The van der Waals surface area contributed by atoms with Gasteiger partial charge in [-0.05, 0) is 48.2 Å². The minimum atomic E-state index is 0.632. The fraction of sp³-hybridized carbons (Fsp3) is 0.375. The van der Waals surface area contributed by atoms with Gasteiger partial charge >= 0.3 is 0 Å². The van der Waals surface area contributed by atoms with Crippen molar-refractivity contribution in [3.8, 4) is 0 Å². The summed E-state index contributed by atoms with van der Waals surface area (Å²) in [5, 5.41) is 0. The maximum atomic E-state index is 5.37. The number of benzene rings is 1. The van der Waals surface area contributed by atoms with Gasteiger partial charge in [-0.3, -0.25) is 0 Å². The molecule has 0 aliphatic heterocycles. The predicted octanol–water partition coefficient (Wildman–Crippen LogP) is 4.99. The number of nitrogens with one attached hydrogen (secondary N) is 1. The van der Waals surface area contributed by atoms with Crippen molar-refractivity contribution in [1.82, 2.24) is 9.97 Å². The minimum Gasteiger partial charge on any atom is -0.346 e. The number of rotatable bonds is 3. The van der Waals surface area contributed by atoms with Gasteiger partial charge in [0.25, 0.3) is 0 Å². The second-order valence-corrected chi connectivity index (χ2v) is 6.84. The molecular formula is C16H17BrN2S. The van der Waals surface area contributed by atoms with E-state index in [4.69, 9.17) is 12.2 Å². The van der Waals surface area contributed by atoms with Crippen molar-refractivity contribution in [2.45, 2.75) is 39.0 Å². The highest BCUT2D eigenvalue weighted by Crippen LogP contribution is 2.42. The van der Waals surface area contributed by atoms with Crippen LogP contribution in [-0.2, 0) is 6.42 Å². The monoisotopic (exact) mass is 348 g/mol. The Morgan fingerprint density at radius 1 is 1.25 bits per heavy atom. The van der Waals surface area contributed by atoms with Gasteiger partial charge < -0.3 is 4.98 Å². The molecule has 20 heavy (non-hydrogen) atoms. The third-order valence-electron chi connectivity index (χ3n) is 3.58. The Kier molecular flexibility index (Phi) is 3.78. The van der Waals surface area contributed by atoms with E-state index in [2.05, 4.69) is 57.9 Å². The molecule has 104 valence electrons. The molecule has 0 amide bonds. The summed E-state index contributed by atoms with van der Waals surface area (Å²) in [7, 11) is 0. The molecule has 1 aliphatic rings. The summed E-state index contributed by atoms with van der Waals surface area (Å²) in [6, 6.07) is 6.62. The summed E-state index contributed by atoms with van der Waals surface area (Å²) < 4.78 is 1.64. The maximum absolute atomic E-state index is 5.37. The van der Waals surface area contributed by atoms with Crippen LogP contribution in [0, 0.1) is 18.5 Å². The van der Waals surface area contributed by atoms with Crippen LogP contribution in [0.15, 0.2) is 22.7 Å². The van der Waals surface area contributed by atoms with Gasteiger partial charge in [0.2, 0.25) is 0 Å². The lowest BCUT2D eigenvalue weighted by Gasteiger charge is -2.09. The second-order valence-electron chi connectivity index (χ2n) is 5.66. The molecule has 2 nitrogen and oxygen atoms in total.